The maximum absolute atomic E-state index is 13.2. The second-order valence-electron chi connectivity index (χ2n) is 6.77. The van der Waals surface area contributed by atoms with Crippen molar-refractivity contribution in [2.24, 2.45) is 0 Å². The molecule has 0 fully saturated rings. The molecule has 1 amide bonds. The van der Waals surface area contributed by atoms with Crippen LogP contribution in [0.25, 0.3) is 11.4 Å². The summed E-state index contributed by atoms with van der Waals surface area (Å²) in [6.45, 7) is 2.14. The first kappa shape index (κ1) is 19.8. The van der Waals surface area contributed by atoms with Gasteiger partial charge < -0.3 is 5.32 Å². The molecule has 0 aliphatic carbocycles. The van der Waals surface area contributed by atoms with E-state index in [-0.39, 0.29) is 16.9 Å². The number of rotatable bonds is 6. The lowest BCUT2D eigenvalue weighted by atomic mass is 10.2. The third-order valence-corrected chi connectivity index (χ3v) is 5.01. The van der Waals surface area contributed by atoms with Crippen LogP contribution in [0.3, 0.4) is 0 Å². The van der Waals surface area contributed by atoms with Crippen LogP contribution in [0.1, 0.15) is 21.6 Å². The number of nitrogens with one attached hydrogen (secondary N) is 1. The van der Waals surface area contributed by atoms with E-state index in [9.17, 15) is 9.18 Å². The third kappa shape index (κ3) is 4.11. The average Bonchev–Trinajstić information content (AvgIpc) is 3.33. The Balaban J connectivity index is 1.41. The van der Waals surface area contributed by atoms with E-state index >= 15 is 0 Å². The maximum Gasteiger partial charge on any atom is 0.256 e. The normalized spacial score (nSPS) is 10.9. The highest BCUT2D eigenvalue weighted by Gasteiger charge is 2.21. The van der Waals surface area contributed by atoms with Gasteiger partial charge in [-0.2, -0.15) is 10.2 Å². The fraction of sp³-hybridized carbons (Fsp3) is 0.136. The Morgan fingerprint density at radius 2 is 1.83 bits per heavy atom. The Labute approximate surface area is 177 Å². The summed E-state index contributed by atoms with van der Waals surface area (Å²) in [5.74, 6) is -0.659. The van der Waals surface area contributed by atoms with Crippen molar-refractivity contribution >= 4 is 17.5 Å². The zero-order valence-corrected chi connectivity index (χ0v) is 17.0. The van der Waals surface area contributed by atoms with Gasteiger partial charge in [-0.25, -0.2) is 13.8 Å². The molecule has 1 N–H and O–H groups in total. The summed E-state index contributed by atoms with van der Waals surface area (Å²) in [4.78, 5) is 12.7. The van der Waals surface area contributed by atoms with E-state index in [1.54, 1.807) is 29.9 Å². The largest absolute Gasteiger partial charge is 0.352 e. The molecule has 0 aliphatic rings. The van der Waals surface area contributed by atoms with Crippen molar-refractivity contribution < 1.29 is 9.18 Å². The summed E-state index contributed by atoms with van der Waals surface area (Å²) in [5, 5.41) is 11.7. The van der Waals surface area contributed by atoms with Gasteiger partial charge in [-0.05, 0) is 55.3 Å². The van der Waals surface area contributed by atoms with Gasteiger partial charge in [0.05, 0.1) is 28.8 Å². The lowest BCUT2D eigenvalue weighted by molar-refractivity contribution is 0.0953. The van der Waals surface area contributed by atoms with Crippen LogP contribution >= 0.6 is 11.6 Å². The number of halogens is 2. The number of hydrogen-bond donors (Lipinski definition) is 1. The quantitative estimate of drug-likeness (QED) is 0.507. The predicted octanol–water partition coefficient (Wildman–Crippen LogP) is 4.13. The number of carbonyl (C=O) groups excluding carboxylic acids is 1. The first-order valence-corrected chi connectivity index (χ1v) is 9.79. The Bertz CT molecular complexity index is 1170. The Hall–Kier alpha value is -3.45. The van der Waals surface area contributed by atoms with Crippen molar-refractivity contribution in [2.45, 2.75) is 13.3 Å². The van der Waals surface area contributed by atoms with Crippen molar-refractivity contribution in [2.75, 3.05) is 6.54 Å². The van der Waals surface area contributed by atoms with Crippen LogP contribution in [0, 0.1) is 12.7 Å². The van der Waals surface area contributed by atoms with E-state index in [0.717, 1.165) is 11.3 Å². The van der Waals surface area contributed by atoms with Gasteiger partial charge in [-0.15, -0.1) is 0 Å². The van der Waals surface area contributed by atoms with Crippen LogP contribution < -0.4 is 5.32 Å². The Morgan fingerprint density at radius 1 is 1.10 bits per heavy atom. The first-order valence-electron chi connectivity index (χ1n) is 9.41. The minimum absolute atomic E-state index is 0.188. The Morgan fingerprint density at radius 3 is 2.57 bits per heavy atom. The van der Waals surface area contributed by atoms with Crippen LogP contribution in [0.5, 0.6) is 0 Å². The fourth-order valence-electron chi connectivity index (χ4n) is 3.13. The lowest BCUT2D eigenvalue weighted by Gasteiger charge is -2.05. The highest BCUT2D eigenvalue weighted by Crippen LogP contribution is 2.23. The first-order chi connectivity index (χ1) is 14.5. The van der Waals surface area contributed by atoms with Crippen molar-refractivity contribution in [3.8, 4) is 11.4 Å². The molecule has 4 rings (SSSR count). The SMILES string of the molecule is Cc1nn(-c2ccc(F)cc2)c(Cl)c1C(=O)NCCc1cnn(-c2ccccc2)c1. The zero-order valence-electron chi connectivity index (χ0n) is 16.2. The van der Waals surface area contributed by atoms with Gasteiger partial charge in [0, 0.05) is 12.7 Å². The molecule has 0 spiro atoms. The molecule has 6 nitrogen and oxygen atoms in total. The van der Waals surface area contributed by atoms with E-state index < -0.39 is 0 Å². The van der Waals surface area contributed by atoms with E-state index in [4.69, 9.17) is 11.6 Å². The molecular weight excluding hydrogens is 405 g/mol. The highest BCUT2D eigenvalue weighted by molar-refractivity contribution is 6.33. The van der Waals surface area contributed by atoms with Gasteiger partial charge in [-0.3, -0.25) is 4.79 Å². The minimum Gasteiger partial charge on any atom is -0.352 e. The Kier molecular flexibility index (Phi) is 5.63. The number of hydrogen-bond acceptors (Lipinski definition) is 3. The van der Waals surface area contributed by atoms with Crippen molar-refractivity contribution in [3.05, 3.63) is 94.8 Å². The number of para-hydroxylation sites is 1. The van der Waals surface area contributed by atoms with Crippen molar-refractivity contribution in [1.82, 2.24) is 24.9 Å². The fourth-order valence-corrected chi connectivity index (χ4v) is 3.49. The minimum atomic E-state index is -0.354. The topological polar surface area (TPSA) is 64.7 Å². The molecular formula is C22H19ClFN5O. The van der Waals surface area contributed by atoms with Gasteiger partial charge >= 0.3 is 0 Å². The van der Waals surface area contributed by atoms with E-state index in [0.29, 0.717) is 29.9 Å². The van der Waals surface area contributed by atoms with Crippen LogP contribution in [-0.4, -0.2) is 32.0 Å². The smallest absolute Gasteiger partial charge is 0.256 e. The summed E-state index contributed by atoms with van der Waals surface area (Å²) in [5.41, 5.74) is 3.36. The molecule has 2 aromatic carbocycles. The monoisotopic (exact) mass is 423 g/mol. The molecule has 152 valence electrons. The van der Waals surface area contributed by atoms with Crippen LogP contribution in [0.4, 0.5) is 4.39 Å². The van der Waals surface area contributed by atoms with E-state index in [2.05, 4.69) is 15.5 Å². The van der Waals surface area contributed by atoms with Gasteiger partial charge in [0.1, 0.15) is 11.0 Å². The summed E-state index contributed by atoms with van der Waals surface area (Å²) in [7, 11) is 0. The number of nitrogens with zero attached hydrogens (tertiary/aromatic N) is 4. The second-order valence-corrected chi connectivity index (χ2v) is 7.13. The molecule has 0 atom stereocenters. The molecule has 4 aromatic rings. The zero-order chi connectivity index (χ0) is 21.1. The summed E-state index contributed by atoms with van der Waals surface area (Å²) in [6, 6.07) is 15.6. The van der Waals surface area contributed by atoms with E-state index in [1.807, 2.05) is 36.5 Å². The summed E-state index contributed by atoms with van der Waals surface area (Å²) in [6.07, 6.45) is 4.34. The van der Waals surface area contributed by atoms with Gasteiger partial charge in [-0.1, -0.05) is 29.8 Å². The number of aryl methyl sites for hydroxylation is 1. The molecule has 0 saturated carbocycles. The number of aromatic nitrogens is 4. The highest BCUT2D eigenvalue weighted by atomic mass is 35.5. The average molecular weight is 424 g/mol. The summed E-state index contributed by atoms with van der Waals surface area (Å²) < 4.78 is 16.4. The number of carbonyl (C=O) groups is 1. The standard InChI is InChI=1S/C22H19ClFN5O/c1-15-20(21(23)29(27-15)19-9-7-17(24)8-10-19)22(30)25-12-11-16-13-26-28(14-16)18-5-3-2-4-6-18/h2-10,13-14H,11-12H2,1H3,(H,25,30). The molecule has 8 heteroatoms. The molecule has 2 aromatic heterocycles. The van der Waals surface area contributed by atoms with Gasteiger partial charge in [0.2, 0.25) is 0 Å². The van der Waals surface area contributed by atoms with Crippen molar-refractivity contribution in [3.63, 3.8) is 0 Å². The molecule has 0 saturated heterocycles. The predicted molar refractivity (Wildman–Crippen MR) is 113 cm³/mol. The molecule has 0 unspecified atom stereocenters. The molecule has 0 radical (unpaired) electrons. The van der Waals surface area contributed by atoms with Gasteiger partial charge in [0.25, 0.3) is 5.91 Å². The second kappa shape index (κ2) is 8.51. The number of amides is 1. The molecule has 0 aliphatic heterocycles. The van der Waals surface area contributed by atoms with Crippen molar-refractivity contribution in [1.29, 1.82) is 0 Å². The molecule has 0 bridgehead atoms. The van der Waals surface area contributed by atoms with Crippen LogP contribution in [0.2, 0.25) is 5.15 Å². The summed E-state index contributed by atoms with van der Waals surface area (Å²) >= 11 is 6.40. The van der Waals surface area contributed by atoms with Gasteiger partial charge in [0.15, 0.2) is 0 Å². The molecule has 2 heterocycles. The molecule has 30 heavy (non-hydrogen) atoms. The van der Waals surface area contributed by atoms with Crippen LogP contribution in [-0.2, 0) is 6.42 Å². The lowest BCUT2D eigenvalue weighted by Crippen LogP contribution is -2.26. The van der Waals surface area contributed by atoms with E-state index in [1.165, 1.54) is 16.8 Å². The third-order valence-electron chi connectivity index (χ3n) is 4.66. The maximum atomic E-state index is 13.2. The van der Waals surface area contributed by atoms with Crippen LogP contribution in [0.15, 0.2) is 67.0 Å². The number of benzene rings is 2.